The lowest BCUT2D eigenvalue weighted by Crippen LogP contribution is -2.36. The Morgan fingerprint density at radius 3 is 2.65 bits per heavy atom. The van der Waals surface area contributed by atoms with Crippen molar-refractivity contribution < 1.29 is 4.74 Å². The van der Waals surface area contributed by atoms with Gasteiger partial charge in [0.15, 0.2) is 0 Å². The molecule has 0 saturated heterocycles. The summed E-state index contributed by atoms with van der Waals surface area (Å²) in [7, 11) is 0. The lowest BCUT2D eigenvalue weighted by atomic mass is 9.87. The molecule has 1 saturated carbocycles. The first-order chi connectivity index (χ1) is 9.56. The van der Waals surface area contributed by atoms with Crippen LogP contribution in [0.2, 0.25) is 15.1 Å². The summed E-state index contributed by atoms with van der Waals surface area (Å²) in [5.41, 5.74) is 0. The number of hydrogen-bond acceptors (Lipinski definition) is 2. The Bertz CT molecular complexity index is 453. The van der Waals surface area contributed by atoms with E-state index in [2.05, 4.69) is 12.2 Å². The van der Waals surface area contributed by atoms with Gasteiger partial charge in [-0.2, -0.15) is 0 Å². The molecule has 1 aliphatic carbocycles. The van der Waals surface area contributed by atoms with E-state index in [1.54, 1.807) is 12.1 Å². The number of rotatable bonds is 5. The largest absolute Gasteiger partial charge is 0.491 e. The minimum atomic E-state index is 0.443. The van der Waals surface area contributed by atoms with Crippen LogP contribution in [0.25, 0.3) is 0 Å². The Morgan fingerprint density at radius 1 is 1.15 bits per heavy atom. The van der Waals surface area contributed by atoms with Crippen molar-refractivity contribution in [1.82, 2.24) is 5.32 Å². The van der Waals surface area contributed by atoms with Crippen LogP contribution in [0.15, 0.2) is 12.1 Å². The molecule has 2 unspecified atom stereocenters. The van der Waals surface area contributed by atoms with Crippen LogP contribution in [0, 0.1) is 5.92 Å². The zero-order valence-electron chi connectivity index (χ0n) is 11.6. The van der Waals surface area contributed by atoms with E-state index in [9.17, 15) is 0 Å². The van der Waals surface area contributed by atoms with Gasteiger partial charge in [0.25, 0.3) is 0 Å². The van der Waals surface area contributed by atoms with E-state index in [4.69, 9.17) is 39.5 Å². The quantitative estimate of drug-likeness (QED) is 0.590. The minimum Gasteiger partial charge on any atom is -0.491 e. The molecule has 1 aromatic carbocycles. The zero-order valence-corrected chi connectivity index (χ0v) is 13.9. The van der Waals surface area contributed by atoms with E-state index in [1.165, 1.54) is 25.7 Å². The van der Waals surface area contributed by atoms with Crippen molar-refractivity contribution in [1.29, 1.82) is 0 Å². The predicted octanol–water partition coefficient (Wildman–Crippen LogP) is 5.19. The summed E-state index contributed by atoms with van der Waals surface area (Å²) in [4.78, 5) is 0. The third-order valence-corrected chi connectivity index (χ3v) is 4.72. The van der Waals surface area contributed by atoms with E-state index < -0.39 is 0 Å². The van der Waals surface area contributed by atoms with E-state index in [0.717, 1.165) is 12.5 Å². The first kappa shape index (κ1) is 16.2. The highest BCUT2D eigenvalue weighted by atomic mass is 35.5. The highest BCUT2D eigenvalue weighted by Gasteiger charge is 2.17. The molecule has 0 bridgehead atoms. The summed E-state index contributed by atoms with van der Waals surface area (Å²) in [5.74, 6) is 1.41. The lowest BCUT2D eigenvalue weighted by Gasteiger charge is -2.27. The number of benzene rings is 1. The van der Waals surface area contributed by atoms with Gasteiger partial charge in [-0.3, -0.25) is 0 Å². The van der Waals surface area contributed by atoms with Crippen molar-refractivity contribution in [3.63, 3.8) is 0 Å². The molecular formula is C15H20Cl3NO. The van der Waals surface area contributed by atoms with Crippen LogP contribution in [0.5, 0.6) is 5.75 Å². The van der Waals surface area contributed by atoms with Crippen molar-refractivity contribution in [3.05, 3.63) is 27.2 Å². The van der Waals surface area contributed by atoms with Crippen LogP contribution in [-0.4, -0.2) is 19.2 Å². The fraction of sp³-hybridized carbons (Fsp3) is 0.600. The van der Waals surface area contributed by atoms with Crippen LogP contribution in [-0.2, 0) is 0 Å². The molecule has 20 heavy (non-hydrogen) atoms. The van der Waals surface area contributed by atoms with E-state index in [-0.39, 0.29) is 0 Å². The summed E-state index contributed by atoms with van der Waals surface area (Å²) in [6.45, 7) is 3.70. The van der Waals surface area contributed by atoms with Gasteiger partial charge in [-0.15, -0.1) is 0 Å². The van der Waals surface area contributed by atoms with Gasteiger partial charge in [-0.05, 0) is 24.8 Å². The second-order valence-corrected chi connectivity index (χ2v) is 6.69. The van der Waals surface area contributed by atoms with Crippen molar-refractivity contribution in [2.24, 2.45) is 5.92 Å². The van der Waals surface area contributed by atoms with Gasteiger partial charge in [0.2, 0.25) is 0 Å². The molecule has 1 N–H and O–H groups in total. The Balaban J connectivity index is 1.74. The normalized spacial score (nSPS) is 22.8. The maximum absolute atomic E-state index is 6.06. The summed E-state index contributed by atoms with van der Waals surface area (Å²) < 4.78 is 5.65. The van der Waals surface area contributed by atoms with Gasteiger partial charge in [-0.25, -0.2) is 0 Å². The Hall–Kier alpha value is -0.150. The second kappa shape index (κ2) is 7.74. The van der Waals surface area contributed by atoms with Gasteiger partial charge < -0.3 is 10.1 Å². The van der Waals surface area contributed by atoms with Gasteiger partial charge in [0.05, 0.1) is 15.1 Å². The molecule has 0 aliphatic heterocycles. The van der Waals surface area contributed by atoms with Crippen LogP contribution in [0.1, 0.15) is 32.6 Å². The molecular weight excluding hydrogens is 317 g/mol. The standard InChI is InChI=1S/C15H20Cl3NO/c1-10-3-2-4-11(7-10)19-5-6-20-15-9-13(17)12(16)8-14(15)18/h8-11,19H,2-7H2,1H3. The molecule has 0 heterocycles. The average molecular weight is 337 g/mol. The van der Waals surface area contributed by atoms with Crippen LogP contribution in [0.4, 0.5) is 0 Å². The highest BCUT2D eigenvalue weighted by Crippen LogP contribution is 2.33. The number of ether oxygens (including phenoxy) is 1. The number of halogens is 3. The van der Waals surface area contributed by atoms with Gasteiger partial charge in [-0.1, -0.05) is 54.6 Å². The third-order valence-electron chi connectivity index (χ3n) is 3.70. The summed E-state index contributed by atoms with van der Waals surface area (Å²) >= 11 is 17.9. The fourth-order valence-corrected chi connectivity index (χ4v) is 3.25. The van der Waals surface area contributed by atoms with Crippen molar-refractivity contribution >= 4 is 34.8 Å². The molecule has 2 atom stereocenters. The molecule has 2 nitrogen and oxygen atoms in total. The molecule has 0 spiro atoms. The van der Waals surface area contributed by atoms with Gasteiger partial charge >= 0.3 is 0 Å². The van der Waals surface area contributed by atoms with E-state index >= 15 is 0 Å². The van der Waals surface area contributed by atoms with Gasteiger partial charge in [0, 0.05) is 18.7 Å². The van der Waals surface area contributed by atoms with Crippen LogP contribution < -0.4 is 10.1 Å². The van der Waals surface area contributed by atoms with Crippen LogP contribution >= 0.6 is 34.8 Å². The third kappa shape index (κ3) is 4.70. The molecule has 2 rings (SSSR count). The lowest BCUT2D eigenvalue weighted by molar-refractivity contribution is 0.266. The Labute approximate surface area is 135 Å². The number of nitrogens with one attached hydrogen (secondary N) is 1. The number of hydrogen-bond donors (Lipinski definition) is 1. The summed E-state index contributed by atoms with van der Waals surface area (Å²) in [6.07, 6.45) is 5.19. The minimum absolute atomic E-state index is 0.443. The monoisotopic (exact) mass is 335 g/mol. The predicted molar refractivity (Wildman–Crippen MR) is 86.4 cm³/mol. The molecule has 0 aromatic heterocycles. The summed E-state index contributed by atoms with van der Waals surface area (Å²) in [6, 6.07) is 3.89. The topological polar surface area (TPSA) is 21.3 Å². The molecule has 0 radical (unpaired) electrons. The van der Waals surface area contributed by atoms with Crippen LogP contribution in [0.3, 0.4) is 0 Å². The first-order valence-electron chi connectivity index (χ1n) is 7.07. The fourth-order valence-electron chi connectivity index (χ4n) is 2.66. The molecule has 1 aliphatic rings. The van der Waals surface area contributed by atoms with Gasteiger partial charge in [0.1, 0.15) is 12.4 Å². The van der Waals surface area contributed by atoms with Crippen molar-refractivity contribution in [3.8, 4) is 5.75 Å². The maximum atomic E-state index is 6.06. The molecule has 112 valence electrons. The molecule has 0 amide bonds. The zero-order chi connectivity index (χ0) is 14.5. The molecule has 1 aromatic rings. The average Bonchev–Trinajstić information content (AvgIpc) is 2.40. The second-order valence-electron chi connectivity index (χ2n) is 5.47. The highest BCUT2D eigenvalue weighted by molar-refractivity contribution is 6.43. The van der Waals surface area contributed by atoms with E-state index in [0.29, 0.717) is 33.5 Å². The molecule has 1 fully saturated rings. The smallest absolute Gasteiger partial charge is 0.139 e. The van der Waals surface area contributed by atoms with E-state index in [1.807, 2.05) is 0 Å². The first-order valence-corrected chi connectivity index (χ1v) is 8.20. The SMILES string of the molecule is CC1CCCC(NCCOc2cc(Cl)c(Cl)cc2Cl)C1. The Morgan fingerprint density at radius 2 is 1.90 bits per heavy atom. The summed E-state index contributed by atoms with van der Waals surface area (Å²) in [5, 5.41) is 4.93. The maximum Gasteiger partial charge on any atom is 0.139 e. The molecule has 5 heteroatoms. The van der Waals surface area contributed by atoms with Crippen molar-refractivity contribution in [2.75, 3.05) is 13.2 Å². The Kier molecular flexibility index (Phi) is 6.28. The van der Waals surface area contributed by atoms with Crippen molar-refractivity contribution in [2.45, 2.75) is 38.6 Å².